The monoisotopic (exact) mass is 276 g/mol. The Morgan fingerprint density at radius 3 is 2.45 bits per heavy atom. The highest BCUT2D eigenvalue weighted by atomic mass is 16.4. The zero-order chi connectivity index (χ0) is 14.9. The summed E-state index contributed by atoms with van der Waals surface area (Å²) in [5.41, 5.74) is -0.298. The van der Waals surface area contributed by atoms with Gasteiger partial charge in [-0.1, -0.05) is 24.3 Å². The van der Waals surface area contributed by atoms with Crippen molar-refractivity contribution >= 4 is 17.7 Å². The minimum absolute atomic E-state index is 0.0307. The van der Waals surface area contributed by atoms with Crippen molar-refractivity contribution in [3.8, 4) is 0 Å². The molecule has 5 nitrogen and oxygen atoms in total. The molecular formula is C15H16O5. The first kappa shape index (κ1) is 14.2. The van der Waals surface area contributed by atoms with Gasteiger partial charge in [0.15, 0.2) is 0 Å². The van der Waals surface area contributed by atoms with Gasteiger partial charge in [0.2, 0.25) is 0 Å². The standard InChI is InChI=1S/C15H16O5/c1-9-4-2-3-5-11(9)15(14(19)20)7-6-10(16)8-12(15)13(17)18/h2-5,12H,6-8H2,1H3,(H,17,18)(H,19,20). The maximum atomic E-state index is 11.9. The first-order valence-electron chi connectivity index (χ1n) is 6.43. The zero-order valence-corrected chi connectivity index (χ0v) is 11.1. The molecule has 106 valence electrons. The van der Waals surface area contributed by atoms with Crippen LogP contribution in [0.2, 0.25) is 0 Å². The molecule has 0 saturated heterocycles. The number of rotatable bonds is 3. The lowest BCUT2D eigenvalue weighted by atomic mass is 9.61. The number of carbonyl (C=O) groups is 3. The molecule has 1 aliphatic rings. The van der Waals surface area contributed by atoms with Crippen molar-refractivity contribution < 1.29 is 24.6 Å². The number of carboxylic acids is 2. The molecule has 1 aliphatic carbocycles. The molecule has 0 aliphatic heterocycles. The van der Waals surface area contributed by atoms with Crippen LogP contribution in [0.5, 0.6) is 0 Å². The van der Waals surface area contributed by atoms with Crippen molar-refractivity contribution in [2.24, 2.45) is 5.92 Å². The summed E-state index contributed by atoms with van der Waals surface area (Å²) in [6.45, 7) is 1.76. The van der Waals surface area contributed by atoms with E-state index in [-0.39, 0.29) is 25.0 Å². The molecular weight excluding hydrogens is 260 g/mol. The predicted molar refractivity (Wildman–Crippen MR) is 70.5 cm³/mol. The van der Waals surface area contributed by atoms with Crippen molar-refractivity contribution in [2.45, 2.75) is 31.6 Å². The molecule has 5 heteroatoms. The van der Waals surface area contributed by atoms with E-state index in [2.05, 4.69) is 0 Å². The molecule has 20 heavy (non-hydrogen) atoms. The molecule has 0 heterocycles. The van der Waals surface area contributed by atoms with Gasteiger partial charge in [0, 0.05) is 12.8 Å². The topological polar surface area (TPSA) is 91.7 Å². The van der Waals surface area contributed by atoms with Crippen LogP contribution >= 0.6 is 0 Å². The average molecular weight is 276 g/mol. The van der Waals surface area contributed by atoms with Crippen LogP contribution in [-0.4, -0.2) is 27.9 Å². The fraction of sp³-hybridized carbons (Fsp3) is 0.400. The van der Waals surface area contributed by atoms with Gasteiger partial charge in [-0.25, -0.2) is 0 Å². The highest BCUT2D eigenvalue weighted by molar-refractivity contribution is 5.95. The van der Waals surface area contributed by atoms with Crippen LogP contribution in [0, 0.1) is 12.8 Å². The molecule has 0 aromatic heterocycles. The van der Waals surface area contributed by atoms with Crippen LogP contribution < -0.4 is 0 Å². The molecule has 1 aromatic rings. The van der Waals surface area contributed by atoms with Gasteiger partial charge in [0.05, 0.1) is 5.92 Å². The quantitative estimate of drug-likeness (QED) is 0.877. The summed E-state index contributed by atoms with van der Waals surface area (Å²) >= 11 is 0. The van der Waals surface area contributed by atoms with Crippen molar-refractivity contribution in [3.05, 3.63) is 35.4 Å². The summed E-state index contributed by atoms with van der Waals surface area (Å²) < 4.78 is 0. The van der Waals surface area contributed by atoms with Gasteiger partial charge in [-0.2, -0.15) is 0 Å². The van der Waals surface area contributed by atoms with Crippen molar-refractivity contribution in [1.29, 1.82) is 0 Å². The molecule has 1 aromatic carbocycles. The normalized spacial score (nSPS) is 26.2. The maximum Gasteiger partial charge on any atom is 0.315 e. The zero-order valence-electron chi connectivity index (χ0n) is 11.1. The van der Waals surface area contributed by atoms with E-state index >= 15 is 0 Å². The summed E-state index contributed by atoms with van der Waals surface area (Å²) in [5.74, 6) is -3.82. The van der Waals surface area contributed by atoms with E-state index in [0.29, 0.717) is 5.56 Å². The Morgan fingerprint density at radius 1 is 1.25 bits per heavy atom. The van der Waals surface area contributed by atoms with Crippen LogP contribution in [0.25, 0.3) is 0 Å². The Balaban J connectivity index is 2.65. The van der Waals surface area contributed by atoms with Gasteiger partial charge >= 0.3 is 11.9 Å². The van der Waals surface area contributed by atoms with E-state index in [1.54, 1.807) is 31.2 Å². The van der Waals surface area contributed by atoms with Crippen LogP contribution in [0.1, 0.15) is 30.4 Å². The molecule has 2 unspecified atom stereocenters. The first-order chi connectivity index (χ1) is 9.39. The van der Waals surface area contributed by atoms with E-state index in [0.717, 1.165) is 5.56 Å². The highest BCUT2D eigenvalue weighted by Crippen LogP contribution is 2.44. The summed E-state index contributed by atoms with van der Waals surface area (Å²) in [6, 6.07) is 6.88. The predicted octanol–water partition coefficient (Wildman–Crippen LogP) is 1.77. The fourth-order valence-electron chi connectivity index (χ4n) is 3.08. The third-order valence-electron chi connectivity index (χ3n) is 4.13. The number of aryl methyl sites for hydroxylation is 1. The number of carbonyl (C=O) groups excluding carboxylic acids is 1. The van der Waals surface area contributed by atoms with Gasteiger partial charge in [-0.05, 0) is 24.5 Å². The van der Waals surface area contributed by atoms with E-state index in [1.807, 2.05) is 0 Å². The Kier molecular flexibility index (Phi) is 3.61. The van der Waals surface area contributed by atoms with Gasteiger partial charge in [0.1, 0.15) is 11.2 Å². The van der Waals surface area contributed by atoms with Crippen molar-refractivity contribution in [1.82, 2.24) is 0 Å². The maximum absolute atomic E-state index is 11.9. The number of hydrogen-bond donors (Lipinski definition) is 2. The molecule has 0 spiro atoms. The number of carboxylic acid groups (broad SMARTS) is 2. The Morgan fingerprint density at radius 2 is 1.90 bits per heavy atom. The summed E-state index contributed by atoms with van der Waals surface area (Å²) in [7, 11) is 0. The number of ketones is 1. The first-order valence-corrected chi connectivity index (χ1v) is 6.43. The molecule has 2 atom stereocenters. The second-order valence-corrected chi connectivity index (χ2v) is 5.23. The van der Waals surface area contributed by atoms with E-state index in [9.17, 15) is 24.6 Å². The van der Waals surface area contributed by atoms with Crippen LogP contribution in [-0.2, 0) is 19.8 Å². The number of hydrogen-bond acceptors (Lipinski definition) is 3. The lowest BCUT2D eigenvalue weighted by molar-refractivity contribution is -0.160. The van der Waals surface area contributed by atoms with E-state index < -0.39 is 23.3 Å². The van der Waals surface area contributed by atoms with Gasteiger partial charge < -0.3 is 10.2 Å². The lowest BCUT2D eigenvalue weighted by Crippen LogP contribution is -2.50. The number of benzene rings is 1. The fourth-order valence-corrected chi connectivity index (χ4v) is 3.08. The highest BCUT2D eigenvalue weighted by Gasteiger charge is 2.54. The third kappa shape index (κ3) is 2.09. The summed E-state index contributed by atoms with van der Waals surface area (Å²) in [5, 5.41) is 19.1. The second-order valence-electron chi connectivity index (χ2n) is 5.23. The smallest absolute Gasteiger partial charge is 0.315 e. The minimum Gasteiger partial charge on any atom is -0.481 e. The summed E-state index contributed by atoms with van der Waals surface area (Å²) in [4.78, 5) is 34.9. The second kappa shape index (κ2) is 5.07. The third-order valence-corrected chi connectivity index (χ3v) is 4.13. The molecule has 0 amide bonds. The number of Topliss-reactive ketones (excluding diaryl/α,β-unsaturated/α-hetero) is 1. The van der Waals surface area contributed by atoms with Crippen LogP contribution in [0.15, 0.2) is 24.3 Å². The molecule has 0 radical (unpaired) electrons. The molecule has 1 fully saturated rings. The van der Waals surface area contributed by atoms with Gasteiger partial charge in [-0.15, -0.1) is 0 Å². The minimum atomic E-state index is -1.52. The largest absolute Gasteiger partial charge is 0.481 e. The van der Waals surface area contributed by atoms with Crippen LogP contribution in [0.3, 0.4) is 0 Å². The van der Waals surface area contributed by atoms with Gasteiger partial charge in [-0.3, -0.25) is 14.4 Å². The van der Waals surface area contributed by atoms with E-state index in [1.165, 1.54) is 0 Å². The lowest BCUT2D eigenvalue weighted by Gasteiger charge is -2.39. The Bertz CT molecular complexity index is 577. The molecule has 2 N–H and O–H groups in total. The van der Waals surface area contributed by atoms with Crippen LogP contribution in [0.4, 0.5) is 0 Å². The molecule has 2 rings (SSSR count). The number of aliphatic carboxylic acids is 2. The van der Waals surface area contributed by atoms with Crippen molar-refractivity contribution in [2.75, 3.05) is 0 Å². The Labute approximate surface area is 116 Å². The van der Waals surface area contributed by atoms with Crippen molar-refractivity contribution in [3.63, 3.8) is 0 Å². The molecule has 0 bridgehead atoms. The van der Waals surface area contributed by atoms with Gasteiger partial charge in [0.25, 0.3) is 0 Å². The van der Waals surface area contributed by atoms with E-state index in [4.69, 9.17) is 0 Å². The SMILES string of the molecule is Cc1ccccc1C1(C(=O)O)CCC(=O)CC1C(=O)O. The molecule has 1 saturated carbocycles. The Hall–Kier alpha value is -2.17. The summed E-state index contributed by atoms with van der Waals surface area (Å²) in [6.07, 6.45) is -0.0939. The average Bonchev–Trinajstić information content (AvgIpc) is 2.39.